The molecular formula is C21H35N3O. The molecule has 25 heavy (non-hydrogen) atoms. The zero-order valence-electron chi connectivity index (χ0n) is 16.2. The maximum Gasteiger partial charge on any atom is 0.193 e. The van der Waals surface area contributed by atoms with Crippen LogP contribution in [0, 0.1) is 5.41 Å². The summed E-state index contributed by atoms with van der Waals surface area (Å²) in [5.41, 5.74) is 1.55. The Morgan fingerprint density at radius 2 is 1.96 bits per heavy atom. The van der Waals surface area contributed by atoms with Crippen LogP contribution in [-0.4, -0.2) is 48.8 Å². The van der Waals surface area contributed by atoms with Crippen LogP contribution in [0.15, 0.2) is 35.3 Å². The second-order valence-corrected chi connectivity index (χ2v) is 7.19. The maximum absolute atomic E-state index is 9.43. The van der Waals surface area contributed by atoms with Gasteiger partial charge in [0.25, 0.3) is 0 Å². The highest BCUT2D eigenvalue weighted by atomic mass is 16.3. The van der Waals surface area contributed by atoms with Gasteiger partial charge < -0.3 is 15.3 Å². The second kappa shape index (κ2) is 9.81. The Hall–Kier alpha value is -1.55. The lowest BCUT2D eigenvalue weighted by Gasteiger charge is -2.30. The summed E-state index contributed by atoms with van der Waals surface area (Å²) in [6.07, 6.45) is 4.12. The number of guanidine groups is 1. The van der Waals surface area contributed by atoms with Crippen LogP contribution in [0.5, 0.6) is 0 Å². The molecule has 1 heterocycles. The third kappa shape index (κ3) is 5.21. The van der Waals surface area contributed by atoms with Crippen molar-refractivity contribution in [3.63, 3.8) is 0 Å². The van der Waals surface area contributed by atoms with Crippen molar-refractivity contribution in [3.8, 4) is 0 Å². The van der Waals surface area contributed by atoms with E-state index in [-0.39, 0.29) is 12.0 Å². The van der Waals surface area contributed by atoms with Crippen LogP contribution < -0.4 is 5.32 Å². The quantitative estimate of drug-likeness (QED) is 0.559. The molecule has 0 aromatic heterocycles. The molecule has 1 aliphatic rings. The lowest BCUT2D eigenvalue weighted by molar-refractivity contribution is 0.175. The van der Waals surface area contributed by atoms with Crippen molar-refractivity contribution >= 4 is 5.96 Å². The van der Waals surface area contributed by atoms with Gasteiger partial charge in [-0.05, 0) is 43.6 Å². The minimum Gasteiger partial charge on any atom is -0.396 e. The lowest BCUT2D eigenvalue weighted by Crippen LogP contribution is -2.41. The number of hydrogen-bond donors (Lipinski definition) is 2. The summed E-state index contributed by atoms with van der Waals surface area (Å²) in [5, 5.41) is 12.9. The molecule has 140 valence electrons. The van der Waals surface area contributed by atoms with Crippen molar-refractivity contribution in [2.75, 3.05) is 32.8 Å². The van der Waals surface area contributed by atoms with Crippen molar-refractivity contribution in [2.45, 2.75) is 52.4 Å². The van der Waals surface area contributed by atoms with Crippen LogP contribution in [0.25, 0.3) is 0 Å². The van der Waals surface area contributed by atoms with Gasteiger partial charge in [-0.25, -0.2) is 0 Å². The normalized spacial score (nSPS) is 18.6. The molecule has 1 fully saturated rings. The average molecular weight is 346 g/mol. The number of hydrogen-bond acceptors (Lipinski definition) is 2. The van der Waals surface area contributed by atoms with Crippen LogP contribution in [-0.2, 0) is 0 Å². The van der Waals surface area contributed by atoms with E-state index in [1.807, 2.05) is 0 Å². The molecule has 4 nitrogen and oxygen atoms in total. The fraction of sp³-hybridized carbons (Fsp3) is 0.667. The van der Waals surface area contributed by atoms with E-state index >= 15 is 0 Å². The predicted octanol–water partition coefficient (Wildman–Crippen LogP) is 3.63. The van der Waals surface area contributed by atoms with Crippen LogP contribution in [0.3, 0.4) is 0 Å². The number of aliphatic hydroxyl groups is 1. The molecule has 4 heteroatoms. The minimum absolute atomic E-state index is 0.119. The Kier molecular flexibility index (Phi) is 7.76. The third-order valence-electron chi connectivity index (χ3n) is 5.80. The van der Waals surface area contributed by atoms with Gasteiger partial charge in [0, 0.05) is 38.7 Å². The van der Waals surface area contributed by atoms with E-state index in [0.717, 1.165) is 51.4 Å². The Labute approximate surface area is 153 Å². The van der Waals surface area contributed by atoms with Gasteiger partial charge in [0.2, 0.25) is 0 Å². The van der Waals surface area contributed by atoms with E-state index < -0.39 is 0 Å². The van der Waals surface area contributed by atoms with Gasteiger partial charge in [-0.1, -0.05) is 44.2 Å². The van der Waals surface area contributed by atoms with E-state index in [0.29, 0.717) is 5.92 Å². The number of rotatable bonds is 8. The maximum atomic E-state index is 9.43. The molecule has 0 spiro atoms. The van der Waals surface area contributed by atoms with Crippen molar-refractivity contribution in [2.24, 2.45) is 10.4 Å². The first-order valence-corrected chi connectivity index (χ1v) is 9.87. The molecule has 1 unspecified atom stereocenters. The lowest BCUT2D eigenvalue weighted by atomic mass is 9.79. The number of likely N-dealkylation sites (tertiary alicyclic amines) is 1. The zero-order chi connectivity index (χ0) is 18.1. The Balaban J connectivity index is 2.07. The highest BCUT2D eigenvalue weighted by Gasteiger charge is 2.28. The summed E-state index contributed by atoms with van der Waals surface area (Å²) < 4.78 is 0. The third-order valence-corrected chi connectivity index (χ3v) is 5.80. The van der Waals surface area contributed by atoms with E-state index in [1.165, 1.54) is 12.0 Å². The molecule has 1 aromatic rings. The molecule has 0 saturated carbocycles. The molecule has 1 saturated heterocycles. The topological polar surface area (TPSA) is 47.9 Å². The predicted molar refractivity (Wildman–Crippen MR) is 106 cm³/mol. The molecular weight excluding hydrogens is 310 g/mol. The highest BCUT2D eigenvalue weighted by molar-refractivity contribution is 5.80. The molecule has 1 aliphatic heterocycles. The molecule has 0 radical (unpaired) electrons. The second-order valence-electron chi connectivity index (χ2n) is 7.19. The van der Waals surface area contributed by atoms with E-state index in [9.17, 15) is 5.11 Å². The minimum atomic E-state index is 0.119. The molecule has 1 aromatic carbocycles. The summed E-state index contributed by atoms with van der Waals surface area (Å²) in [7, 11) is 0. The summed E-state index contributed by atoms with van der Waals surface area (Å²) >= 11 is 0. The van der Waals surface area contributed by atoms with E-state index in [1.54, 1.807) is 0 Å². The summed E-state index contributed by atoms with van der Waals surface area (Å²) in [6.45, 7) is 10.5. The van der Waals surface area contributed by atoms with Crippen LogP contribution >= 0.6 is 0 Å². The van der Waals surface area contributed by atoms with Gasteiger partial charge in [0.05, 0.1) is 0 Å². The number of aliphatic hydroxyl groups excluding tert-OH is 1. The first-order valence-electron chi connectivity index (χ1n) is 9.87. The SMILES string of the molecule is CCNC(=NCC(CC)(CC)CCO)N1CCC(c2ccccc2)C1. The molecule has 0 aliphatic carbocycles. The standard InChI is InChI=1S/C21H35N3O/c1-4-21(5-2,13-15-25)17-23-20(22-6-3)24-14-12-19(16-24)18-10-8-7-9-11-18/h7-11,19,25H,4-6,12-17H2,1-3H3,(H,22,23). The van der Waals surface area contributed by atoms with Gasteiger partial charge in [0.15, 0.2) is 5.96 Å². The van der Waals surface area contributed by atoms with Crippen LogP contribution in [0.4, 0.5) is 0 Å². The van der Waals surface area contributed by atoms with Gasteiger partial charge in [-0.2, -0.15) is 0 Å². The smallest absolute Gasteiger partial charge is 0.193 e. The van der Waals surface area contributed by atoms with E-state index in [4.69, 9.17) is 4.99 Å². The summed E-state index contributed by atoms with van der Waals surface area (Å²) in [6, 6.07) is 10.8. The van der Waals surface area contributed by atoms with Gasteiger partial charge in [-0.15, -0.1) is 0 Å². The Bertz CT molecular complexity index is 525. The highest BCUT2D eigenvalue weighted by Crippen LogP contribution is 2.31. The Morgan fingerprint density at radius 3 is 2.56 bits per heavy atom. The number of nitrogens with one attached hydrogen (secondary N) is 1. The first kappa shape index (κ1) is 19.8. The van der Waals surface area contributed by atoms with Gasteiger partial charge in [0.1, 0.15) is 0 Å². The van der Waals surface area contributed by atoms with Crippen LogP contribution in [0.2, 0.25) is 0 Å². The fourth-order valence-electron chi connectivity index (χ4n) is 3.76. The summed E-state index contributed by atoms with van der Waals surface area (Å²) in [5.74, 6) is 1.62. The molecule has 1 atom stereocenters. The number of aliphatic imine (C=N–C) groups is 1. The number of nitrogens with zero attached hydrogens (tertiary/aromatic N) is 2. The molecule has 2 N–H and O–H groups in total. The van der Waals surface area contributed by atoms with Crippen molar-refractivity contribution < 1.29 is 5.11 Å². The van der Waals surface area contributed by atoms with Crippen molar-refractivity contribution in [1.29, 1.82) is 0 Å². The summed E-state index contributed by atoms with van der Waals surface area (Å²) in [4.78, 5) is 7.38. The molecule has 2 rings (SSSR count). The van der Waals surface area contributed by atoms with Gasteiger partial charge in [-0.3, -0.25) is 4.99 Å². The number of benzene rings is 1. The fourth-order valence-corrected chi connectivity index (χ4v) is 3.76. The van der Waals surface area contributed by atoms with Crippen LogP contribution in [0.1, 0.15) is 57.9 Å². The van der Waals surface area contributed by atoms with E-state index in [2.05, 4.69) is 61.3 Å². The van der Waals surface area contributed by atoms with Crippen molar-refractivity contribution in [3.05, 3.63) is 35.9 Å². The Morgan fingerprint density at radius 1 is 1.24 bits per heavy atom. The van der Waals surface area contributed by atoms with Gasteiger partial charge >= 0.3 is 0 Å². The molecule has 0 amide bonds. The molecule has 0 bridgehead atoms. The van der Waals surface area contributed by atoms with Crippen molar-refractivity contribution in [1.82, 2.24) is 10.2 Å². The zero-order valence-corrected chi connectivity index (χ0v) is 16.2. The monoisotopic (exact) mass is 345 g/mol. The first-order chi connectivity index (χ1) is 12.2. The average Bonchev–Trinajstić information content (AvgIpc) is 3.15. The largest absolute Gasteiger partial charge is 0.396 e.